The van der Waals surface area contributed by atoms with Crippen molar-refractivity contribution in [3.05, 3.63) is 63.9 Å². The van der Waals surface area contributed by atoms with Crippen LogP contribution in [0.3, 0.4) is 0 Å². The molecule has 0 atom stereocenters. The van der Waals surface area contributed by atoms with Crippen LogP contribution in [0.5, 0.6) is 0 Å². The van der Waals surface area contributed by atoms with E-state index in [1.807, 2.05) is 45.0 Å². The fraction of sp³-hybridized carbons (Fsp3) is 0.250. The second-order valence-electron chi connectivity index (χ2n) is 6.22. The molecule has 0 spiro atoms. The third-order valence-corrected chi connectivity index (χ3v) is 4.57. The van der Waals surface area contributed by atoms with Crippen LogP contribution in [0, 0.1) is 13.8 Å². The molecule has 1 N–H and O–H groups in total. The van der Waals surface area contributed by atoms with Crippen LogP contribution in [0.4, 0.5) is 0 Å². The summed E-state index contributed by atoms with van der Waals surface area (Å²) in [6.07, 6.45) is 0.864. The highest BCUT2D eigenvalue weighted by molar-refractivity contribution is 9.10. The van der Waals surface area contributed by atoms with E-state index < -0.39 is 0 Å². The van der Waals surface area contributed by atoms with Crippen molar-refractivity contribution in [2.75, 3.05) is 6.54 Å². The number of carbonyl (C=O) groups is 1. The van der Waals surface area contributed by atoms with Gasteiger partial charge in [-0.3, -0.25) is 4.79 Å². The Morgan fingerprint density at radius 1 is 1.15 bits per heavy atom. The van der Waals surface area contributed by atoms with Crippen molar-refractivity contribution in [2.45, 2.75) is 27.2 Å². The zero-order chi connectivity index (χ0) is 18.7. The first kappa shape index (κ1) is 18.3. The first-order valence-corrected chi connectivity index (χ1v) is 9.37. The molecule has 0 aliphatic rings. The number of rotatable bonds is 5. The lowest BCUT2D eigenvalue weighted by Gasteiger charge is -2.10. The lowest BCUT2D eigenvalue weighted by molar-refractivity contribution is 0.0943. The van der Waals surface area contributed by atoms with Crippen LogP contribution >= 0.6 is 15.9 Å². The van der Waals surface area contributed by atoms with Gasteiger partial charge in [0.05, 0.1) is 5.69 Å². The van der Waals surface area contributed by atoms with E-state index in [1.165, 1.54) is 0 Å². The largest absolute Gasteiger partial charge is 0.349 e. The maximum atomic E-state index is 12.4. The van der Waals surface area contributed by atoms with Crippen molar-refractivity contribution in [1.29, 1.82) is 0 Å². The Hall–Kier alpha value is -2.47. The molecule has 134 valence electrons. The van der Waals surface area contributed by atoms with Crippen molar-refractivity contribution < 1.29 is 4.79 Å². The summed E-state index contributed by atoms with van der Waals surface area (Å²) in [5.41, 5.74) is 4.01. The van der Waals surface area contributed by atoms with Gasteiger partial charge in [-0.15, -0.1) is 5.10 Å². The number of carbonyl (C=O) groups excluding carboxylic acids is 1. The lowest BCUT2D eigenvalue weighted by Crippen LogP contribution is -2.25. The second-order valence-corrected chi connectivity index (χ2v) is 7.14. The molecule has 0 bridgehead atoms. The number of nitrogens with one attached hydrogen (secondary N) is 1. The third kappa shape index (κ3) is 3.85. The van der Waals surface area contributed by atoms with Crippen LogP contribution in [0.1, 0.15) is 35.1 Å². The fourth-order valence-electron chi connectivity index (χ4n) is 2.63. The Kier molecular flexibility index (Phi) is 5.52. The Morgan fingerprint density at radius 2 is 1.88 bits per heavy atom. The molecule has 0 unspecified atom stereocenters. The minimum atomic E-state index is -0.255. The molecule has 3 aromatic rings. The second kappa shape index (κ2) is 7.83. The quantitative estimate of drug-likeness (QED) is 0.672. The van der Waals surface area contributed by atoms with Crippen LogP contribution in [-0.4, -0.2) is 27.2 Å². The van der Waals surface area contributed by atoms with Crippen LogP contribution < -0.4 is 5.32 Å². The molecule has 0 aliphatic carbocycles. The van der Waals surface area contributed by atoms with E-state index in [1.54, 1.807) is 4.68 Å². The molecular weight excluding hydrogens is 392 g/mol. The van der Waals surface area contributed by atoms with Crippen LogP contribution in [0.25, 0.3) is 17.1 Å². The molecule has 5 nitrogen and oxygen atoms in total. The zero-order valence-corrected chi connectivity index (χ0v) is 16.7. The van der Waals surface area contributed by atoms with Gasteiger partial charge in [0.2, 0.25) is 5.82 Å². The van der Waals surface area contributed by atoms with E-state index in [0.717, 1.165) is 33.3 Å². The summed E-state index contributed by atoms with van der Waals surface area (Å²) >= 11 is 3.45. The molecule has 1 amide bonds. The average molecular weight is 413 g/mol. The first-order valence-electron chi connectivity index (χ1n) is 8.58. The van der Waals surface area contributed by atoms with Crippen molar-refractivity contribution in [3.63, 3.8) is 0 Å². The summed E-state index contributed by atoms with van der Waals surface area (Å²) in [6.45, 7) is 6.67. The van der Waals surface area contributed by atoms with Gasteiger partial charge in [0.1, 0.15) is 0 Å². The van der Waals surface area contributed by atoms with E-state index in [9.17, 15) is 4.79 Å². The van der Waals surface area contributed by atoms with Crippen molar-refractivity contribution in [2.24, 2.45) is 0 Å². The minimum absolute atomic E-state index is 0.178. The minimum Gasteiger partial charge on any atom is -0.349 e. The summed E-state index contributed by atoms with van der Waals surface area (Å²) in [7, 11) is 0. The standard InChI is InChI=1S/C20H21BrN4O/c1-4-11-22-20(26)18-23-19(15-7-9-16(21)10-8-15)25(24-18)17-12-13(2)5-6-14(17)3/h5-10,12H,4,11H2,1-3H3,(H,22,26). The number of amides is 1. The molecule has 1 heterocycles. The molecule has 6 heteroatoms. The Morgan fingerprint density at radius 3 is 2.58 bits per heavy atom. The van der Waals surface area contributed by atoms with E-state index >= 15 is 0 Å². The molecule has 0 fully saturated rings. The maximum absolute atomic E-state index is 12.4. The summed E-state index contributed by atoms with van der Waals surface area (Å²) < 4.78 is 2.74. The van der Waals surface area contributed by atoms with Gasteiger partial charge >= 0.3 is 0 Å². The van der Waals surface area contributed by atoms with E-state index in [-0.39, 0.29) is 11.7 Å². The smallest absolute Gasteiger partial charge is 0.290 e. The normalized spacial score (nSPS) is 10.8. The van der Waals surface area contributed by atoms with Crippen LogP contribution in [0.15, 0.2) is 46.9 Å². The van der Waals surface area contributed by atoms with Crippen molar-refractivity contribution in [1.82, 2.24) is 20.1 Å². The molecule has 0 saturated heterocycles. The predicted molar refractivity (Wildman–Crippen MR) is 107 cm³/mol. The van der Waals surface area contributed by atoms with E-state index in [4.69, 9.17) is 0 Å². The van der Waals surface area contributed by atoms with Gasteiger partial charge in [-0.1, -0.05) is 47.1 Å². The third-order valence-electron chi connectivity index (χ3n) is 4.04. The number of benzene rings is 2. The Labute approximate surface area is 161 Å². The monoisotopic (exact) mass is 412 g/mol. The molecule has 2 aromatic carbocycles. The molecular formula is C20H21BrN4O. The molecule has 1 aromatic heterocycles. The Balaban J connectivity index is 2.14. The predicted octanol–water partition coefficient (Wildman–Crippen LogP) is 4.45. The van der Waals surface area contributed by atoms with Gasteiger partial charge in [-0.25, -0.2) is 9.67 Å². The van der Waals surface area contributed by atoms with Gasteiger partial charge in [0, 0.05) is 16.6 Å². The summed E-state index contributed by atoms with van der Waals surface area (Å²) in [4.78, 5) is 16.9. The summed E-state index contributed by atoms with van der Waals surface area (Å²) in [5, 5.41) is 7.36. The number of hydrogen-bond acceptors (Lipinski definition) is 3. The van der Waals surface area contributed by atoms with Gasteiger partial charge in [0.25, 0.3) is 5.91 Å². The fourth-order valence-corrected chi connectivity index (χ4v) is 2.89. The lowest BCUT2D eigenvalue weighted by atomic mass is 10.1. The average Bonchev–Trinajstić information content (AvgIpc) is 3.07. The molecule has 0 aliphatic heterocycles. The number of hydrogen-bond donors (Lipinski definition) is 1. The summed E-state index contributed by atoms with van der Waals surface area (Å²) in [6, 6.07) is 14.0. The van der Waals surface area contributed by atoms with Gasteiger partial charge < -0.3 is 5.32 Å². The number of halogens is 1. The van der Waals surface area contributed by atoms with E-state index in [2.05, 4.69) is 49.5 Å². The first-order chi connectivity index (χ1) is 12.5. The topological polar surface area (TPSA) is 59.8 Å². The van der Waals surface area contributed by atoms with Crippen molar-refractivity contribution >= 4 is 21.8 Å². The molecule has 0 radical (unpaired) electrons. The van der Waals surface area contributed by atoms with Crippen LogP contribution in [-0.2, 0) is 0 Å². The van der Waals surface area contributed by atoms with Gasteiger partial charge in [-0.05, 0) is 49.6 Å². The number of aryl methyl sites for hydroxylation is 2. The van der Waals surface area contributed by atoms with E-state index in [0.29, 0.717) is 12.4 Å². The number of nitrogens with zero attached hydrogens (tertiary/aromatic N) is 3. The van der Waals surface area contributed by atoms with Gasteiger partial charge in [0.15, 0.2) is 5.82 Å². The maximum Gasteiger partial charge on any atom is 0.290 e. The van der Waals surface area contributed by atoms with Gasteiger partial charge in [-0.2, -0.15) is 0 Å². The highest BCUT2D eigenvalue weighted by Crippen LogP contribution is 2.25. The Bertz CT molecular complexity index is 931. The highest BCUT2D eigenvalue weighted by Gasteiger charge is 2.19. The summed E-state index contributed by atoms with van der Waals surface area (Å²) in [5.74, 6) is 0.569. The van der Waals surface area contributed by atoms with Crippen LogP contribution in [0.2, 0.25) is 0 Å². The molecule has 0 saturated carbocycles. The SMILES string of the molecule is CCCNC(=O)c1nc(-c2ccc(Br)cc2)n(-c2cc(C)ccc2C)n1. The molecule has 3 rings (SSSR count). The zero-order valence-electron chi connectivity index (χ0n) is 15.1. The van der Waals surface area contributed by atoms with Crippen molar-refractivity contribution in [3.8, 4) is 17.1 Å². The number of aromatic nitrogens is 3. The molecule has 26 heavy (non-hydrogen) atoms. The highest BCUT2D eigenvalue weighted by atomic mass is 79.9.